The molecule has 1 heterocycles. The second kappa shape index (κ2) is 9.10. The molecule has 0 N–H and O–H groups in total. The van der Waals surface area contributed by atoms with Crippen molar-refractivity contribution in [2.75, 3.05) is 5.75 Å². The van der Waals surface area contributed by atoms with Gasteiger partial charge in [0.05, 0.1) is 21.7 Å². The van der Waals surface area contributed by atoms with Crippen molar-refractivity contribution in [3.05, 3.63) is 84.6 Å². The number of alkyl halides is 3. The van der Waals surface area contributed by atoms with Crippen molar-refractivity contribution in [3.8, 4) is 22.6 Å². The summed E-state index contributed by atoms with van der Waals surface area (Å²) in [6, 6.07) is 18.8. The molecule has 1 aromatic heterocycles. The van der Waals surface area contributed by atoms with Gasteiger partial charge in [0.1, 0.15) is 11.5 Å². The molecule has 176 valence electrons. The predicted molar refractivity (Wildman–Crippen MR) is 126 cm³/mol. The van der Waals surface area contributed by atoms with E-state index < -0.39 is 21.6 Å². The van der Waals surface area contributed by atoms with Crippen molar-refractivity contribution in [2.45, 2.75) is 24.9 Å². The minimum atomic E-state index is -4.52. The molecule has 0 bridgehead atoms. The first-order valence-electron chi connectivity index (χ1n) is 10.6. The Morgan fingerprint density at radius 3 is 2.29 bits per heavy atom. The number of halogens is 3. The zero-order valence-corrected chi connectivity index (χ0v) is 19.3. The summed E-state index contributed by atoms with van der Waals surface area (Å²) in [4.78, 5) is 4.14. The van der Waals surface area contributed by atoms with Gasteiger partial charge < -0.3 is 4.74 Å². The van der Waals surface area contributed by atoms with Crippen molar-refractivity contribution >= 4 is 20.7 Å². The van der Waals surface area contributed by atoms with E-state index in [0.29, 0.717) is 28.0 Å². The maximum Gasteiger partial charge on any atom is 0.418 e. The van der Waals surface area contributed by atoms with Crippen LogP contribution in [0.4, 0.5) is 13.2 Å². The summed E-state index contributed by atoms with van der Waals surface area (Å²) in [6.07, 6.45) is -3.17. The highest BCUT2D eigenvalue weighted by atomic mass is 32.2. The van der Waals surface area contributed by atoms with E-state index in [1.165, 1.54) is 24.4 Å². The summed E-state index contributed by atoms with van der Waals surface area (Å²) < 4.78 is 71.4. The Labute approximate surface area is 196 Å². The number of fused-ring (bicyclic) bond motifs is 1. The minimum Gasteiger partial charge on any atom is -0.457 e. The zero-order chi connectivity index (χ0) is 24.5. The third-order valence-electron chi connectivity index (χ3n) is 5.17. The van der Waals surface area contributed by atoms with Gasteiger partial charge in [-0.1, -0.05) is 44.2 Å². The fourth-order valence-electron chi connectivity index (χ4n) is 3.79. The van der Waals surface area contributed by atoms with Gasteiger partial charge in [-0.15, -0.1) is 0 Å². The number of hydrogen-bond donors (Lipinski definition) is 0. The van der Waals surface area contributed by atoms with E-state index in [0.717, 1.165) is 6.07 Å². The molecule has 0 saturated heterocycles. The van der Waals surface area contributed by atoms with Crippen molar-refractivity contribution < 1.29 is 26.3 Å². The van der Waals surface area contributed by atoms with Gasteiger partial charge in [-0.25, -0.2) is 8.42 Å². The number of nitrogens with zero attached hydrogens (tertiary/aromatic N) is 1. The lowest BCUT2D eigenvalue weighted by molar-refractivity contribution is -0.136. The van der Waals surface area contributed by atoms with Crippen LogP contribution < -0.4 is 4.74 Å². The molecule has 0 radical (unpaired) electrons. The molecule has 0 fully saturated rings. The van der Waals surface area contributed by atoms with Crippen LogP contribution in [0.3, 0.4) is 0 Å². The van der Waals surface area contributed by atoms with E-state index in [-0.39, 0.29) is 22.1 Å². The summed E-state index contributed by atoms with van der Waals surface area (Å²) in [6.45, 7) is 3.67. The molecule has 0 atom stereocenters. The summed E-state index contributed by atoms with van der Waals surface area (Å²) >= 11 is 0. The SMILES string of the molecule is CC(C)CS(=O)(=O)c1cccc(Oc2cccc(-c3ccnc4c(C(F)(F)F)cccc34)c2)c1. The number of hydrogen-bond acceptors (Lipinski definition) is 4. The fraction of sp³-hybridized carbons (Fsp3) is 0.192. The largest absolute Gasteiger partial charge is 0.457 e. The highest BCUT2D eigenvalue weighted by molar-refractivity contribution is 7.91. The van der Waals surface area contributed by atoms with Crippen molar-refractivity contribution in [3.63, 3.8) is 0 Å². The Balaban J connectivity index is 1.70. The number of aromatic nitrogens is 1. The molecule has 4 nitrogen and oxygen atoms in total. The van der Waals surface area contributed by atoms with Gasteiger partial charge in [0, 0.05) is 11.6 Å². The molecule has 0 aliphatic heterocycles. The average Bonchev–Trinajstić information content (AvgIpc) is 2.77. The zero-order valence-electron chi connectivity index (χ0n) is 18.5. The van der Waals surface area contributed by atoms with Crippen molar-refractivity contribution in [2.24, 2.45) is 5.92 Å². The van der Waals surface area contributed by atoms with Crippen LogP contribution in [0.2, 0.25) is 0 Å². The van der Waals surface area contributed by atoms with Gasteiger partial charge in [-0.2, -0.15) is 13.2 Å². The van der Waals surface area contributed by atoms with E-state index in [2.05, 4.69) is 4.98 Å². The molecule has 0 saturated carbocycles. The number of rotatable bonds is 6. The normalized spacial score (nSPS) is 12.3. The van der Waals surface area contributed by atoms with E-state index >= 15 is 0 Å². The maximum atomic E-state index is 13.4. The molecule has 34 heavy (non-hydrogen) atoms. The lowest BCUT2D eigenvalue weighted by Gasteiger charge is -2.13. The highest BCUT2D eigenvalue weighted by Crippen LogP contribution is 2.37. The van der Waals surface area contributed by atoms with Gasteiger partial charge in [0.25, 0.3) is 0 Å². The molecule has 0 aliphatic rings. The standard InChI is InChI=1S/C26H22F3NO3S/c1-17(2)16-34(31,32)21-9-4-8-20(15-21)33-19-7-3-6-18(14-19)22-12-13-30-25-23(22)10-5-11-24(25)26(27,28)29/h3-15,17H,16H2,1-2H3. The Morgan fingerprint density at radius 1 is 0.912 bits per heavy atom. The van der Waals surface area contributed by atoms with Gasteiger partial charge >= 0.3 is 6.18 Å². The first-order valence-corrected chi connectivity index (χ1v) is 12.3. The first-order chi connectivity index (χ1) is 16.0. The molecule has 0 amide bonds. The van der Waals surface area contributed by atoms with Crippen LogP contribution in [-0.4, -0.2) is 19.2 Å². The van der Waals surface area contributed by atoms with Gasteiger partial charge in [-0.3, -0.25) is 4.98 Å². The number of ether oxygens (including phenoxy) is 1. The first kappa shape index (κ1) is 23.8. The van der Waals surface area contributed by atoms with Crippen LogP contribution in [0.25, 0.3) is 22.0 Å². The quantitative estimate of drug-likeness (QED) is 0.291. The molecule has 4 aromatic rings. The monoisotopic (exact) mass is 485 g/mol. The Morgan fingerprint density at radius 2 is 1.59 bits per heavy atom. The van der Waals surface area contributed by atoms with Crippen LogP contribution in [0.15, 0.2) is 83.9 Å². The number of sulfone groups is 1. The fourth-order valence-corrected chi connectivity index (χ4v) is 5.44. The van der Waals surface area contributed by atoms with Crippen LogP contribution in [0.1, 0.15) is 19.4 Å². The van der Waals surface area contributed by atoms with E-state index in [4.69, 9.17) is 4.74 Å². The molecule has 0 spiro atoms. The number of pyridine rings is 1. The molecule has 0 unspecified atom stereocenters. The molecular weight excluding hydrogens is 463 g/mol. The van der Waals surface area contributed by atoms with E-state index in [1.54, 1.807) is 48.5 Å². The topological polar surface area (TPSA) is 56.3 Å². The van der Waals surface area contributed by atoms with Crippen LogP contribution >= 0.6 is 0 Å². The minimum absolute atomic E-state index is 0.0145. The van der Waals surface area contributed by atoms with Gasteiger partial charge in [-0.05, 0) is 59.5 Å². The number of benzene rings is 3. The van der Waals surface area contributed by atoms with Gasteiger partial charge in [0.2, 0.25) is 0 Å². The Kier molecular flexibility index (Phi) is 6.36. The Hall–Kier alpha value is -3.39. The molecule has 0 aliphatic carbocycles. The summed E-state index contributed by atoms with van der Waals surface area (Å²) in [5.41, 5.74) is 0.308. The third kappa shape index (κ3) is 5.07. The van der Waals surface area contributed by atoms with E-state index in [9.17, 15) is 21.6 Å². The molecule has 4 rings (SSSR count). The van der Waals surface area contributed by atoms with Gasteiger partial charge in [0.15, 0.2) is 9.84 Å². The van der Waals surface area contributed by atoms with Crippen molar-refractivity contribution in [1.29, 1.82) is 0 Å². The predicted octanol–water partition coefficient (Wildman–Crippen LogP) is 7.14. The smallest absolute Gasteiger partial charge is 0.418 e. The van der Waals surface area contributed by atoms with Crippen molar-refractivity contribution in [1.82, 2.24) is 4.98 Å². The summed E-state index contributed by atoms with van der Waals surface area (Å²) in [7, 11) is -3.44. The van der Waals surface area contributed by atoms with E-state index in [1.807, 2.05) is 13.8 Å². The number of para-hydroxylation sites is 1. The molecular formula is C26H22F3NO3S. The lowest BCUT2D eigenvalue weighted by atomic mass is 9.99. The maximum absolute atomic E-state index is 13.4. The molecule has 3 aromatic carbocycles. The third-order valence-corrected chi connectivity index (χ3v) is 7.25. The van der Waals surface area contributed by atoms with Crippen LogP contribution in [0, 0.1) is 5.92 Å². The lowest BCUT2D eigenvalue weighted by Crippen LogP contribution is -2.11. The highest BCUT2D eigenvalue weighted by Gasteiger charge is 2.33. The second-order valence-corrected chi connectivity index (χ2v) is 10.4. The molecule has 8 heteroatoms. The second-order valence-electron chi connectivity index (χ2n) is 8.34. The van der Waals surface area contributed by atoms with Crippen LogP contribution in [0.5, 0.6) is 11.5 Å². The van der Waals surface area contributed by atoms with Crippen LogP contribution in [-0.2, 0) is 16.0 Å². The Bertz CT molecular complexity index is 1450. The average molecular weight is 486 g/mol. The summed E-state index contributed by atoms with van der Waals surface area (Å²) in [5.74, 6) is 0.786. The summed E-state index contributed by atoms with van der Waals surface area (Å²) in [5, 5.41) is 0.372.